The number of aromatic hydroxyl groups is 3. The summed E-state index contributed by atoms with van der Waals surface area (Å²) < 4.78 is 5.69. The standard InChI is InChI=1S/C43H48N4O9/c1-28(2)21-23-55-43(54)47-39-27-45(36(24-30-8-14-33(48)15-9-30)40(51)44-22-20-29-6-4-3-5-7-29)41(52)37(25-31-10-16-34(49)17-11-31)46(39)42(53)38(56-47)26-32-12-18-35(50)19-13-32/h3-19,28,36-39,48-50H,20-27H2,1-2H3,(H,44,51)/t36-,37-,38+,39?/m0/s1. The van der Waals surface area contributed by atoms with Gasteiger partial charge in [0.2, 0.25) is 11.8 Å². The van der Waals surface area contributed by atoms with Crippen LogP contribution >= 0.6 is 0 Å². The van der Waals surface area contributed by atoms with E-state index in [1.807, 2.05) is 44.2 Å². The summed E-state index contributed by atoms with van der Waals surface area (Å²) in [4.78, 5) is 66.7. The van der Waals surface area contributed by atoms with Crippen molar-refractivity contribution in [2.45, 2.75) is 70.3 Å². The first-order chi connectivity index (χ1) is 27.0. The van der Waals surface area contributed by atoms with Gasteiger partial charge in [-0.2, -0.15) is 5.06 Å². The van der Waals surface area contributed by atoms with Gasteiger partial charge in [-0.1, -0.05) is 80.6 Å². The number of hydroxylamine groups is 2. The molecule has 0 saturated carbocycles. The summed E-state index contributed by atoms with van der Waals surface area (Å²) in [5.74, 6) is -1.13. The molecule has 2 heterocycles. The lowest BCUT2D eigenvalue weighted by molar-refractivity contribution is -0.267. The van der Waals surface area contributed by atoms with Crippen LogP contribution in [0.25, 0.3) is 0 Å². The summed E-state index contributed by atoms with van der Waals surface area (Å²) in [6.07, 6.45) is -2.03. The van der Waals surface area contributed by atoms with Gasteiger partial charge in [0.1, 0.15) is 29.3 Å². The molecule has 0 radical (unpaired) electrons. The summed E-state index contributed by atoms with van der Waals surface area (Å²) in [5.41, 5.74) is 2.97. The van der Waals surface area contributed by atoms with E-state index in [1.165, 1.54) is 46.2 Å². The summed E-state index contributed by atoms with van der Waals surface area (Å²) in [6.45, 7) is 4.11. The number of carbonyl (C=O) groups excluding carboxylic acids is 4. The third kappa shape index (κ3) is 9.77. The predicted octanol–water partition coefficient (Wildman–Crippen LogP) is 4.72. The van der Waals surface area contributed by atoms with Gasteiger partial charge in [-0.15, -0.1) is 0 Å². The second-order valence-corrected chi connectivity index (χ2v) is 14.6. The van der Waals surface area contributed by atoms with Gasteiger partial charge in [0.25, 0.3) is 5.91 Å². The van der Waals surface area contributed by atoms with Crippen molar-refractivity contribution in [3.05, 3.63) is 125 Å². The molecule has 2 aliphatic heterocycles. The second kappa shape index (κ2) is 18.0. The summed E-state index contributed by atoms with van der Waals surface area (Å²) in [5, 5.41) is 33.9. The molecule has 56 heavy (non-hydrogen) atoms. The van der Waals surface area contributed by atoms with E-state index in [-0.39, 0.29) is 62.1 Å². The first kappa shape index (κ1) is 39.6. The van der Waals surface area contributed by atoms with Crippen LogP contribution < -0.4 is 5.32 Å². The first-order valence-corrected chi connectivity index (χ1v) is 18.9. The third-order valence-electron chi connectivity index (χ3n) is 10.0. The van der Waals surface area contributed by atoms with Crippen molar-refractivity contribution in [3.8, 4) is 17.2 Å². The zero-order valence-electron chi connectivity index (χ0n) is 31.5. The van der Waals surface area contributed by atoms with Crippen molar-refractivity contribution in [3.63, 3.8) is 0 Å². The van der Waals surface area contributed by atoms with Crippen LogP contribution in [-0.4, -0.2) is 98.0 Å². The van der Waals surface area contributed by atoms with E-state index in [1.54, 1.807) is 36.4 Å². The van der Waals surface area contributed by atoms with Crippen LogP contribution in [0, 0.1) is 5.92 Å². The van der Waals surface area contributed by atoms with Crippen LogP contribution in [0.1, 0.15) is 42.5 Å². The highest BCUT2D eigenvalue weighted by molar-refractivity contribution is 5.95. The van der Waals surface area contributed by atoms with Crippen LogP contribution in [0.3, 0.4) is 0 Å². The Bertz CT molecular complexity index is 1960. The van der Waals surface area contributed by atoms with Crippen molar-refractivity contribution in [1.82, 2.24) is 20.2 Å². The maximum absolute atomic E-state index is 15.0. The molecule has 0 spiro atoms. The molecule has 4 atom stereocenters. The minimum atomic E-state index is -1.23. The molecular weight excluding hydrogens is 716 g/mol. The second-order valence-electron chi connectivity index (χ2n) is 14.6. The Morgan fingerprint density at radius 1 is 0.768 bits per heavy atom. The minimum absolute atomic E-state index is 0.00156. The highest BCUT2D eigenvalue weighted by atomic mass is 16.7. The molecule has 2 saturated heterocycles. The van der Waals surface area contributed by atoms with Gasteiger partial charge in [-0.3, -0.25) is 19.2 Å². The van der Waals surface area contributed by atoms with Crippen molar-refractivity contribution >= 4 is 23.8 Å². The number of hydrogen-bond acceptors (Lipinski definition) is 9. The number of nitrogens with one attached hydrogen (secondary N) is 1. The SMILES string of the molecule is CC(C)CCOC(=O)N1O[C@H](Cc2ccc(O)cc2)C(=O)N2C1CN([C@@H](Cc1ccc(O)cc1)C(=O)NCCc1ccccc1)C(=O)[C@@H]2Cc1ccc(O)cc1. The van der Waals surface area contributed by atoms with Gasteiger partial charge in [0, 0.05) is 25.8 Å². The quantitative estimate of drug-likeness (QED) is 0.142. The number of ether oxygens (including phenoxy) is 1. The molecule has 0 bridgehead atoms. The number of carbonyl (C=O) groups is 4. The van der Waals surface area contributed by atoms with Gasteiger partial charge >= 0.3 is 6.09 Å². The van der Waals surface area contributed by atoms with E-state index in [2.05, 4.69) is 5.32 Å². The fraction of sp³-hybridized carbons (Fsp3) is 0.349. The highest BCUT2D eigenvalue weighted by Gasteiger charge is 2.55. The van der Waals surface area contributed by atoms with Crippen molar-refractivity contribution in [1.29, 1.82) is 0 Å². The minimum Gasteiger partial charge on any atom is -0.508 e. The van der Waals surface area contributed by atoms with Crippen LogP contribution in [0.2, 0.25) is 0 Å². The third-order valence-corrected chi connectivity index (χ3v) is 10.0. The molecule has 6 rings (SSSR count). The first-order valence-electron chi connectivity index (χ1n) is 18.9. The van der Waals surface area contributed by atoms with Crippen LogP contribution in [0.5, 0.6) is 17.2 Å². The fourth-order valence-corrected chi connectivity index (χ4v) is 6.97. The van der Waals surface area contributed by atoms with E-state index in [0.29, 0.717) is 29.5 Å². The summed E-state index contributed by atoms with van der Waals surface area (Å²) in [7, 11) is 0. The summed E-state index contributed by atoms with van der Waals surface area (Å²) in [6, 6.07) is 26.3. The van der Waals surface area contributed by atoms with E-state index in [9.17, 15) is 34.5 Å². The largest absolute Gasteiger partial charge is 0.508 e. The molecule has 4 N–H and O–H groups in total. The van der Waals surface area contributed by atoms with Crippen LogP contribution in [0.4, 0.5) is 4.79 Å². The average Bonchev–Trinajstić information content (AvgIpc) is 3.18. The van der Waals surface area contributed by atoms with E-state index in [0.717, 1.165) is 10.6 Å². The number of nitrogens with zero attached hydrogens (tertiary/aromatic N) is 3. The molecular formula is C43H48N4O9. The van der Waals surface area contributed by atoms with E-state index in [4.69, 9.17) is 9.57 Å². The maximum atomic E-state index is 15.0. The molecule has 1 unspecified atom stereocenters. The lowest BCUT2D eigenvalue weighted by Crippen LogP contribution is -2.75. The van der Waals surface area contributed by atoms with Gasteiger partial charge in [0.05, 0.1) is 13.2 Å². The van der Waals surface area contributed by atoms with Crippen molar-refractivity contribution in [2.24, 2.45) is 5.92 Å². The fourth-order valence-electron chi connectivity index (χ4n) is 6.97. The van der Waals surface area contributed by atoms with Gasteiger partial charge in [-0.05, 0) is 77.4 Å². The molecule has 13 nitrogen and oxygen atoms in total. The highest BCUT2D eigenvalue weighted by Crippen LogP contribution is 2.33. The number of phenolic OH excluding ortho intramolecular Hbond substituents is 3. The maximum Gasteiger partial charge on any atom is 0.436 e. The lowest BCUT2D eigenvalue weighted by atomic mass is 9.94. The van der Waals surface area contributed by atoms with Crippen LogP contribution in [-0.2, 0) is 49.6 Å². The topological polar surface area (TPSA) is 169 Å². The number of hydrogen-bond donors (Lipinski definition) is 4. The van der Waals surface area contributed by atoms with Crippen LogP contribution in [0.15, 0.2) is 103 Å². The Labute approximate surface area is 326 Å². The molecule has 4 aromatic rings. The van der Waals surface area contributed by atoms with Crippen molar-refractivity contribution < 1.29 is 44.1 Å². The van der Waals surface area contributed by atoms with E-state index >= 15 is 0 Å². The molecule has 0 aromatic heterocycles. The predicted molar refractivity (Wildman–Crippen MR) is 206 cm³/mol. The average molecular weight is 765 g/mol. The Morgan fingerprint density at radius 2 is 1.34 bits per heavy atom. The number of fused-ring (bicyclic) bond motifs is 1. The van der Waals surface area contributed by atoms with Gasteiger partial charge < -0.3 is 35.2 Å². The zero-order valence-corrected chi connectivity index (χ0v) is 31.5. The number of rotatable bonds is 14. The zero-order chi connectivity index (χ0) is 39.8. The lowest BCUT2D eigenvalue weighted by Gasteiger charge is -2.53. The molecule has 0 aliphatic carbocycles. The summed E-state index contributed by atoms with van der Waals surface area (Å²) >= 11 is 0. The number of benzene rings is 4. The smallest absolute Gasteiger partial charge is 0.436 e. The molecule has 13 heteroatoms. The van der Waals surface area contributed by atoms with Gasteiger partial charge in [0.15, 0.2) is 12.3 Å². The molecule has 294 valence electrons. The van der Waals surface area contributed by atoms with Gasteiger partial charge in [-0.25, -0.2) is 4.79 Å². The normalized spacial score (nSPS) is 18.8. The number of amides is 4. The monoisotopic (exact) mass is 764 g/mol. The Hall–Kier alpha value is -6.08. The molecule has 2 fully saturated rings. The molecule has 4 aromatic carbocycles. The number of phenols is 3. The Balaban J connectivity index is 1.38. The van der Waals surface area contributed by atoms with Crippen molar-refractivity contribution in [2.75, 3.05) is 19.7 Å². The van der Waals surface area contributed by atoms with E-state index < -0.39 is 48.2 Å². The number of piperazine rings is 1. The Kier molecular flexibility index (Phi) is 12.8. The molecule has 2 aliphatic rings. The Morgan fingerprint density at radius 3 is 1.93 bits per heavy atom. The molecule has 4 amide bonds.